The van der Waals surface area contributed by atoms with Crippen LogP contribution in [0.25, 0.3) is 15.8 Å². The maximum atomic E-state index is 2.67. The largest absolute Gasteiger partial charge is 0.311 e. The summed E-state index contributed by atoms with van der Waals surface area (Å²) in [6.45, 7) is -0.118. The number of para-hydroxylation sites is 6. The predicted molar refractivity (Wildman–Crippen MR) is 336 cm³/mol. The van der Waals surface area contributed by atoms with Crippen molar-refractivity contribution in [1.29, 1.82) is 0 Å². The minimum Gasteiger partial charge on any atom is -0.311 e. The van der Waals surface area contributed by atoms with Gasteiger partial charge in [0, 0.05) is 94.4 Å². The van der Waals surface area contributed by atoms with Crippen LogP contribution in [0.3, 0.4) is 0 Å². The molecule has 5 aliphatic rings. The molecular weight excluding hydrogens is 977 g/mol. The van der Waals surface area contributed by atoms with Crippen molar-refractivity contribution in [2.45, 2.75) is 6.42 Å². The molecule has 17 rings (SSSR count). The molecule has 5 heterocycles. The minimum absolute atomic E-state index is 0.0150. The zero-order valence-electron chi connectivity index (χ0n) is 43.0. The summed E-state index contributed by atoms with van der Waals surface area (Å²) in [5, 5.41) is 1.26. The number of nitrogens with zero attached hydrogens (tertiary/aromatic N) is 5. The molecule has 11 aromatic carbocycles. The van der Waals surface area contributed by atoms with E-state index in [1.165, 1.54) is 98.8 Å². The van der Waals surface area contributed by atoms with Crippen molar-refractivity contribution in [2.75, 3.05) is 24.5 Å². The molecule has 5 nitrogen and oxygen atoms in total. The van der Waals surface area contributed by atoms with Crippen LogP contribution in [0.15, 0.2) is 278 Å². The molecule has 12 aromatic rings. The minimum atomic E-state index is -0.103. The van der Waals surface area contributed by atoms with Gasteiger partial charge in [-0.2, -0.15) is 0 Å². The molecular formula is C71H47B2N5S. The molecule has 0 N–H and O–H groups in total. The highest BCUT2D eigenvalue weighted by Gasteiger charge is 2.51. The van der Waals surface area contributed by atoms with E-state index in [1.54, 1.807) is 0 Å². The molecule has 4 aliphatic heterocycles. The first kappa shape index (κ1) is 44.4. The lowest BCUT2D eigenvalue weighted by Crippen LogP contribution is -2.63. The van der Waals surface area contributed by atoms with E-state index in [0.717, 1.165) is 46.2 Å². The van der Waals surface area contributed by atoms with Crippen LogP contribution in [0.5, 0.6) is 0 Å². The fourth-order valence-electron chi connectivity index (χ4n) is 13.9. The van der Waals surface area contributed by atoms with E-state index < -0.39 is 0 Å². The third-order valence-electron chi connectivity index (χ3n) is 17.0. The second kappa shape index (κ2) is 17.4. The molecule has 0 spiro atoms. The van der Waals surface area contributed by atoms with Gasteiger partial charge in [0.05, 0.1) is 11.4 Å². The lowest BCUT2D eigenvalue weighted by atomic mass is 9.30. The molecule has 0 radical (unpaired) electrons. The summed E-state index contributed by atoms with van der Waals surface area (Å²) in [5.74, 6) is 0. The van der Waals surface area contributed by atoms with Gasteiger partial charge in [0.1, 0.15) is 0 Å². The monoisotopic (exact) mass is 1020 g/mol. The number of rotatable bonds is 7. The molecule has 1 aliphatic carbocycles. The first-order valence-corrected chi connectivity index (χ1v) is 28.2. The van der Waals surface area contributed by atoms with Gasteiger partial charge in [-0.05, 0) is 143 Å². The Morgan fingerprint density at radius 1 is 0.354 bits per heavy atom. The molecule has 0 fully saturated rings. The number of hydrogen-bond donors (Lipinski definition) is 0. The van der Waals surface area contributed by atoms with E-state index in [2.05, 4.69) is 297 Å². The Bertz CT molecular complexity index is 4400. The molecule has 79 heavy (non-hydrogen) atoms. The van der Waals surface area contributed by atoms with Crippen LogP contribution in [0.1, 0.15) is 11.1 Å². The topological polar surface area (TPSA) is 16.2 Å². The smallest absolute Gasteiger partial charge is 0.264 e. The molecule has 1 aromatic heterocycles. The van der Waals surface area contributed by atoms with Crippen LogP contribution in [-0.4, -0.2) is 13.4 Å². The van der Waals surface area contributed by atoms with Crippen LogP contribution in [-0.2, 0) is 6.42 Å². The van der Waals surface area contributed by atoms with Gasteiger partial charge in [0.2, 0.25) is 6.71 Å². The third kappa shape index (κ3) is 6.53. The van der Waals surface area contributed by atoms with E-state index in [-0.39, 0.29) is 13.4 Å². The van der Waals surface area contributed by atoms with Crippen molar-refractivity contribution in [3.63, 3.8) is 0 Å². The molecule has 0 saturated heterocycles. The normalized spacial score (nSPS) is 14.1. The van der Waals surface area contributed by atoms with Gasteiger partial charge in [-0.3, -0.25) is 0 Å². The van der Waals surface area contributed by atoms with E-state index in [9.17, 15) is 0 Å². The third-order valence-corrected chi connectivity index (χ3v) is 18.2. The highest BCUT2D eigenvalue weighted by atomic mass is 32.1. The fraction of sp³-hybridized carbons (Fsp3) is 0.0141. The lowest BCUT2D eigenvalue weighted by Gasteiger charge is -2.47. The van der Waals surface area contributed by atoms with Gasteiger partial charge >= 0.3 is 0 Å². The van der Waals surface area contributed by atoms with Crippen LogP contribution in [0, 0.1) is 0 Å². The van der Waals surface area contributed by atoms with Crippen molar-refractivity contribution < 1.29 is 0 Å². The Kier molecular flexibility index (Phi) is 9.77. The average molecular weight is 1020 g/mol. The fourth-order valence-corrected chi connectivity index (χ4v) is 15.2. The summed E-state index contributed by atoms with van der Waals surface area (Å²) < 4.78 is 2.64. The summed E-state index contributed by atoms with van der Waals surface area (Å²) in [4.78, 5) is 12.7. The van der Waals surface area contributed by atoms with E-state index in [4.69, 9.17) is 0 Å². The first-order valence-electron chi connectivity index (χ1n) is 27.4. The molecule has 8 heteroatoms. The highest BCUT2D eigenvalue weighted by molar-refractivity contribution is 7.33. The molecule has 0 unspecified atom stereocenters. The van der Waals surface area contributed by atoms with Crippen LogP contribution >= 0.6 is 11.3 Å². The van der Waals surface area contributed by atoms with Gasteiger partial charge in [0.25, 0.3) is 6.71 Å². The van der Waals surface area contributed by atoms with Gasteiger partial charge < -0.3 is 24.5 Å². The molecule has 368 valence electrons. The maximum Gasteiger partial charge on any atom is 0.264 e. The quantitative estimate of drug-likeness (QED) is 0.147. The van der Waals surface area contributed by atoms with E-state index in [0.29, 0.717) is 0 Å². The van der Waals surface area contributed by atoms with Crippen LogP contribution in [0.2, 0.25) is 0 Å². The van der Waals surface area contributed by atoms with Gasteiger partial charge in [-0.25, -0.2) is 0 Å². The first-order chi connectivity index (χ1) is 39.2. The Morgan fingerprint density at radius 3 is 1.44 bits per heavy atom. The van der Waals surface area contributed by atoms with E-state index in [1.807, 2.05) is 11.3 Å². The summed E-state index contributed by atoms with van der Waals surface area (Å²) in [6, 6.07) is 101. The predicted octanol–water partition coefficient (Wildman–Crippen LogP) is 15.5. The maximum absolute atomic E-state index is 2.67. The average Bonchev–Trinajstić information content (AvgIpc) is 4.20. The number of allylic oxidation sites excluding steroid dienone is 1. The Labute approximate surface area is 464 Å². The number of thiophene rings is 1. The summed E-state index contributed by atoms with van der Waals surface area (Å²) in [7, 11) is 0. The number of fused-ring (bicyclic) bond motifs is 11. The van der Waals surface area contributed by atoms with Crippen LogP contribution < -0.4 is 51.1 Å². The number of anilines is 14. The van der Waals surface area contributed by atoms with Crippen molar-refractivity contribution in [2.24, 2.45) is 0 Å². The second-order valence-electron chi connectivity index (χ2n) is 21.2. The molecule has 0 atom stereocenters. The Hall–Kier alpha value is -9.75. The lowest BCUT2D eigenvalue weighted by molar-refractivity contribution is 1.22. The number of hydrogen-bond acceptors (Lipinski definition) is 6. The number of benzene rings is 11. The standard InChI is InChI=1S/C71H47B2N5S/c1-7-25-48(26-8-1)74(49-27-9-2-10-28-49)54-43-64-68-65(44-54)78(53-35-17-6-18-36-53)70-56-38-21-22-41-66(56)79-71(70)73(68)58-45-57-62(46-63(58)76(64)51-31-13-4-14-32-51)75(50-29-11-3-12-30-50)60-39-23-40-61-67(60)72(57)59-42-47-24-19-20-37-55(47)69(59)77(61)52-33-15-5-16-34-52/h1-41,43-46H,42H2. The molecule has 0 amide bonds. The van der Waals surface area contributed by atoms with Gasteiger partial charge in [0.15, 0.2) is 0 Å². The summed E-state index contributed by atoms with van der Waals surface area (Å²) in [6.07, 6.45) is 0.871. The van der Waals surface area contributed by atoms with Crippen molar-refractivity contribution in [3.8, 4) is 0 Å². The van der Waals surface area contributed by atoms with Crippen molar-refractivity contribution in [1.82, 2.24) is 0 Å². The van der Waals surface area contributed by atoms with Gasteiger partial charge in [-0.1, -0.05) is 169 Å². The summed E-state index contributed by atoms with van der Waals surface area (Å²) >= 11 is 1.95. The Morgan fingerprint density at radius 2 is 0.823 bits per heavy atom. The highest BCUT2D eigenvalue weighted by Crippen LogP contribution is 2.54. The summed E-state index contributed by atoms with van der Waals surface area (Å²) in [5.41, 5.74) is 26.9. The Balaban J connectivity index is 1.01. The zero-order valence-corrected chi connectivity index (χ0v) is 43.8. The SMILES string of the molecule is c1ccc(N2C3=C(Cc4ccccc43)B3c4cc5c(cc4N(c4ccccc4)c4cccc2c43)N(c2ccccc2)c2cc(N(c3ccccc3)c3ccccc3)cc3c2B5c2sc4ccccc4c2N3c2ccccc2)cc1. The zero-order chi connectivity index (χ0) is 51.7. The second-order valence-corrected chi connectivity index (χ2v) is 22.2. The van der Waals surface area contributed by atoms with E-state index >= 15 is 0 Å². The molecule has 0 bridgehead atoms. The van der Waals surface area contributed by atoms with Crippen molar-refractivity contribution >= 4 is 147 Å². The van der Waals surface area contributed by atoms with Crippen molar-refractivity contribution in [3.05, 3.63) is 290 Å². The van der Waals surface area contributed by atoms with Gasteiger partial charge in [-0.15, -0.1) is 11.3 Å². The van der Waals surface area contributed by atoms with Crippen LogP contribution in [0.4, 0.5) is 79.6 Å². The molecule has 0 saturated carbocycles.